The zero-order chi connectivity index (χ0) is 26.3. The van der Waals surface area contributed by atoms with Gasteiger partial charge in [-0.15, -0.1) is 0 Å². The summed E-state index contributed by atoms with van der Waals surface area (Å²) < 4.78 is 67.7. The van der Waals surface area contributed by atoms with Gasteiger partial charge in [0.25, 0.3) is 0 Å². The van der Waals surface area contributed by atoms with E-state index in [9.17, 15) is 22.5 Å². The van der Waals surface area contributed by atoms with Crippen LogP contribution < -0.4 is 0 Å². The summed E-state index contributed by atoms with van der Waals surface area (Å²) in [5, 5.41) is 9.40. The van der Waals surface area contributed by atoms with Gasteiger partial charge in [0.15, 0.2) is 9.84 Å². The van der Waals surface area contributed by atoms with Crippen LogP contribution in [0, 0.1) is 28.9 Å². The molecule has 4 nitrogen and oxygen atoms in total. The molecule has 2 atom stereocenters. The minimum atomic E-state index is -3.45. The molecular formula is C28H27F3N2O2S. The molecule has 3 aromatic carbocycles. The molecule has 0 unspecified atom stereocenters. The fraction of sp³-hybridized carbons (Fsp3) is 0.321. The molecule has 0 aromatic heterocycles. The van der Waals surface area contributed by atoms with Crippen molar-refractivity contribution < 1.29 is 21.6 Å². The van der Waals surface area contributed by atoms with Crippen molar-refractivity contribution >= 4 is 9.84 Å². The van der Waals surface area contributed by atoms with Crippen molar-refractivity contribution in [2.45, 2.75) is 36.4 Å². The molecule has 1 saturated heterocycles. The quantitative estimate of drug-likeness (QED) is 0.402. The summed E-state index contributed by atoms with van der Waals surface area (Å²) in [6.07, 6.45) is 1.14. The lowest BCUT2D eigenvalue weighted by atomic mass is 9.72. The molecule has 1 aliphatic heterocycles. The lowest BCUT2D eigenvalue weighted by Crippen LogP contribution is -2.53. The first kappa shape index (κ1) is 25.9. The summed E-state index contributed by atoms with van der Waals surface area (Å²) in [4.78, 5) is 2.24. The number of hydrogen-bond acceptors (Lipinski definition) is 4. The number of rotatable bonds is 7. The van der Waals surface area contributed by atoms with Crippen LogP contribution in [0.2, 0.25) is 0 Å². The number of likely N-dealkylation sites (tertiary alicyclic amines) is 1. The van der Waals surface area contributed by atoms with Gasteiger partial charge in [-0.05, 0) is 72.9 Å². The molecule has 188 valence electrons. The maximum atomic E-state index is 15.4. The number of nitriles is 1. The highest BCUT2D eigenvalue weighted by atomic mass is 32.2. The van der Waals surface area contributed by atoms with E-state index in [4.69, 9.17) is 0 Å². The molecule has 0 spiro atoms. The molecule has 1 fully saturated rings. The summed E-state index contributed by atoms with van der Waals surface area (Å²) in [7, 11) is -3.45. The lowest BCUT2D eigenvalue weighted by Gasteiger charge is -2.50. The van der Waals surface area contributed by atoms with Gasteiger partial charge >= 0.3 is 0 Å². The predicted molar refractivity (Wildman–Crippen MR) is 132 cm³/mol. The van der Waals surface area contributed by atoms with Crippen LogP contribution in [0.25, 0.3) is 0 Å². The molecule has 1 aliphatic rings. The molecule has 0 aliphatic carbocycles. The maximum absolute atomic E-state index is 15.4. The second kappa shape index (κ2) is 9.72. The van der Waals surface area contributed by atoms with Gasteiger partial charge in [-0.3, -0.25) is 4.90 Å². The Balaban J connectivity index is 1.71. The van der Waals surface area contributed by atoms with Crippen molar-refractivity contribution in [3.05, 3.63) is 101 Å². The van der Waals surface area contributed by atoms with Gasteiger partial charge < -0.3 is 0 Å². The standard InChI is InChI=1S/C28H27F3N2O2S/c1-28(2,31)26(21-11-23(29)14-24(30)12-21)22-16-33(17-22)27(19-7-4-6-18(10-19)15-32)20-8-5-9-25(13-20)36(3,34)35/h4-14,22,26-27H,16-17H2,1-3H3/t26-,27+/m1/s1. The SMILES string of the molecule is CC(C)(F)[C@H](c1cc(F)cc(F)c1)C1CN([C@@H](c2cccc(C#N)c2)c2cccc(S(C)(=O)=O)c2)C1. The molecule has 36 heavy (non-hydrogen) atoms. The molecule has 0 saturated carbocycles. The molecule has 0 N–H and O–H groups in total. The first-order chi connectivity index (χ1) is 16.9. The Bertz CT molecular complexity index is 1400. The van der Waals surface area contributed by atoms with Gasteiger partial charge in [0.05, 0.1) is 22.6 Å². The Morgan fingerprint density at radius 2 is 1.53 bits per heavy atom. The average molecular weight is 513 g/mol. The molecule has 0 bridgehead atoms. The van der Waals surface area contributed by atoms with E-state index in [1.54, 1.807) is 30.3 Å². The van der Waals surface area contributed by atoms with Crippen LogP contribution in [0.3, 0.4) is 0 Å². The summed E-state index contributed by atoms with van der Waals surface area (Å²) >= 11 is 0. The van der Waals surface area contributed by atoms with Crippen molar-refractivity contribution in [2.24, 2.45) is 5.92 Å². The van der Waals surface area contributed by atoms with Gasteiger partial charge in [0.2, 0.25) is 0 Å². The largest absolute Gasteiger partial charge is 0.292 e. The highest BCUT2D eigenvalue weighted by molar-refractivity contribution is 7.90. The van der Waals surface area contributed by atoms with Crippen molar-refractivity contribution in [3.8, 4) is 6.07 Å². The van der Waals surface area contributed by atoms with E-state index < -0.39 is 33.1 Å². The minimum Gasteiger partial charge on any atom is -0.292 e. The Hall–Kier alpha value is -3.15. The summed E-state index contributed by atoms with van der Waals surface area (Å²) in [6.45, 7) is 3.65. The van der Waals surface area contributed by atoms with Crippen molar-refractivity contribution in [2.75, 3.05) is 19.3 Å². The van der Waals surface area contributed by atoms with Gasteiger partial charge in [-0.25, -0.2) is 21.6 Å². The van der Waals surface area contributed by atoms with E-state index in [0.717, 1.165) is 23.4 Å². The van der Waals surface area contributed by atoms with Gasteiger partial charge in [-0.1, -0.05) is 24.3 Å². The number of alkyl halides is 1. The van der Waals surface area contributed by atoms with Crippen LogP contribution >= 0.6 is 0 Å². The van der Waals surface area contributed by atoms with E-state index in [-0.39, 0.29) is 22.4 Å². The number of nitrogens with zero attached hydrogens (tertiary/aromatic N) is 2. The van der Waals surface area contributed by atoms with Crippen LogP contribution in [0.5, 0.6) is 0 Å². The zero-order valence-corrected chi connectivity index (χ0v) is 21.1. The lowest BCUT2D eigenvalue weighted by molar-refractivity contribution is 0.00800. The maximum Gasteiger partial charge on any atom is 0.175 e. The summed E-state index contributed by atoms with van der Waals surface area (Å²) in [5.41, 5.74) is 0.521. The Labute approximate surface area is 209 Å². The molecule has 3 aromatic rings. The van der Waals surface area contributed by atoms with Crippen LogP contribution in [0.4, 0.5) is 13.2 Å². The smallest absolute Gasteiger partial charge is 0.175 e. The van der Waals surface area contributed by atoms with E-state index >= 15 is 4.39 Å². The second-order valence-corrected chi connectivity index (χ2v) is 12.0. The third-order valence-electron chi connectivity index (χ3n) is 6.69. The molecule has 0 radical (unpaired) electrons. The third kappa shape index (κ3) is 5.48. The first-order valence-corrected chi connectivity index (χ1v) is 13.4. The van der Waals surface area contributed by atoms with Gasteiger partial charge in [0.1, 0.15) is 17.3 Å². The Morgan fingerprint density at radius 3 is 2.08 bits per heavy atom. The molecule has 0 amide bonds. The third-order valence-corrected chi connectivity index (χ3v) is 7.80. The predicted octanol–water partition coefficient (Wildman–Crippen LogP) is 5.79. The monoisotopic (exact) mass is 512 g/mol. The summed E-state index contributed by atoms with van der Waals surface area (Å²) in [6, 6.07) is 18.6. The second-order valence-electron chi connectivity index (χ2n) is 9.94. The van der Waals surface area contributed by atoms with Gasteiger partial charge in [0, 0.05) is 31.3 Å². The molecule has 1 heterocycles. The van der Waals surface area contributed by atoms with Crippen molar-refractivity contribution in [1.29, 1.82) is 5.26 Å². The highest BCUT2D eigenvalue weighted by Gasteiger charge is 2.45. The fourth-order valence-corrected chi connectivity index (χ4v) is 5.94. The Kier molecular flexibility index (Phi) is 7.00. The highest BCUT2D eigenvalue weighted by Crippen LogP contribution is 2.45. The topological polar surface area (TPSA) is 61.2 Å². The van der Waals surface area contributed by atoms with Crippen LogP contribution in [-0.2, 0) is 9.84 Å². The van der Waals surface area contributed by atoms with Gasteiger partial charge in [-0.2, -0.15) is 5.26 Å². The first-order valence-electron chi connectivity index (χ1n) is 11.6. The summed E-state index contributed by atoms with van der Waals surface area (Å²) in [5.74, 6) is -2.48. The number of sulfone groups is 1. The van der Waals surface area contributed by atoms with E-state index in [2.05, 4.69) is 11.0 Å². The van der Waals surface area contributed by atoms with Crippen molar-refractivity contribution in [1.82, 2.24) is 4.90 Å². The number of hydrogen-bond donors (Lipinski definition) is 0. The molecule has 4 rings (SSSR count). The van der Waals surface area contributed by atoms with E-state index in [0.29, 0.717) is 18.7 Å². The van der Waals surface area contributed by atoms with E-state index in [1.165, 1.54) is 32.0 Å². The fourth-order valence-electron chi connectivity index (χ4n) is 5.26. The number of benzene rings is 3. The molecule has 8 heteroatoms. The van der Waals surface area contributed by atoms with Crippen LogP contribution in [0.1, 0.15) is 48.1 Å². The normalized spacial score (nSPS) is 16.7. The zero-order valence-electron chi connectivity index (χ0n) is 20.3. The Morgan fingerprint density at radius 1 is 0.944 bits per heavy atom. The average Bonchev–Trinajstić information content (AvgIpc) is 2.76. The molecular weight excluding hydrogens is 485 g/mol. The van der Waals surface area contributed by atoms with Crippen LogP contribution in [-0.4, -0.2) is 38.3 Å². The number of halogens is 3. The minimum absolute atomic E-state index is 0.177. The van der Waals surface area contributed by atoms with Crippen molar-refractivity contribution in [3.63, 3.8) is 0 Å². The van der Waals surface area contributed by atoms with Crippen LogP contribution in [0.15, 0.2) is 71.6 Å². The van der Waals surface area contributed by atoms with E-state index in [1.807, 2.05) is 12.1 Å².